The van der Waals surface area contributed by atoms with E-state index in [0.717, 1.165) is 22.3 Å². The Balaban J connectivity index is 0.00000257. The fourth-order valence-electron chi connectivity index (χ4n) is 5.14. The zero-order valence-electron chi connectivity index (χ0n) is 27.8. The highest BCUT2D eigenvalue weighted by Gasteiger charge is 2.29. The fourth-order valence-corrected chi connectivity index (χ4v) is 5.14. The minimum atomic E-state index is -1.27. The lowest BCUT2D eigenvalue weighted by Crippen LogP contribution is -2.50. The summed E-state index contributed by atoms with van der Waals surface area (Å²) in [5.74, 6) is -3.10. The van der Waals surface area contributed by atoms with Crippen LogP contribution in [0, 0.1) is 0 Å². The number of unbranched alkanes of at least 4 members (excludes halogenated alkanes) is 1. The van der Waals surface area contributed by atoms with E-state index in [4.69, 9.17) is 10.5 Å². The number of alkyl carbamates (subject to hydrolysis) is 1. The summed E-state index contributed by atoms with van der Waals surface area (Å²) < 4.78 is 5.52. The van der Waals surface area contributed by atoms with E-state index in [1.165, 1.54) is 13.3 Å². The van der Waals surface area contributed by atoms with Crippen molar-refractivity contribution in [3.05, 3.63) is 59.7 Å². The molecule has 0 aliphatic heterocycles. The molecule has 14 heteroatoms. The van der Waals surface area contributed by atoms with Crippen LogP contribution in [0.3, 0.4) is 0 Å². The monoisotopic (exact) mass is 668 g/mol. The number of hydrogen-bond donors (Lipinski definition) is 7. The lowest BCUT2D eigenvalue weighted by Gasteiger charge is -2.19. The van der Waals surface area contributed by atoms with Gasteiger partial charge in [0, 0.05) is 25.9 Å². The van der Waals surface area contributed by atoms with E-state index in [-0.39, 0.29) is 38.3 Å². The molecular formula is C34H48N6O8. The number of fused-ring (bicyclic) bond motifs is 3. The number of carboxylic acids is 1. The number of urea groups is 1. The van der Waals surface area contributed by atoms with Crippen LogP contribution in [0.25, 0.3) is 11.1 Å². The highest BCUT2D eigenvalue weighted by atomic mass is 16.5. The van der Waals surface area contributed by atoms with E-state index in [9.17, 15) is 33.9 Å². The summed E-state index contributed by atoms with van der Waals surface area (Å²) in [6, 6.07) is 13.2. The Labute approximate surface area is 280 Å². The van der Waals surface area contributed by atoms with Crippen molar-refractivity contribution in [2.75, 3.05) is 26.2 Å². The predicted molar refractivity (Wildman–Crippen MR) is 180 cm³/mol. The smallest absolute Gasteiger partial charge is 0.407 e. The fraction of sp³-hybridized carbons (Fsp3) is 0.471. The third-order valence-electron chi connectivity index (χ3n) is 7.25. The molecule has 2 unspecified atom stereocenters. The molecule has 0 saturated carbocycles. The Bertz CT molecular complexity index is 1360. The molecule has 0 spiro atoms. The molecular weight excluding hydrogens is 620 g/mol. The first-order chi connectivity index (χ1) is 23.0. The number of carbonyl (C=O) groups is 6. The van der Waals surface area contributed by atoms with Gasteiger partial charge >= 0.3 is 18.1 Å². The van der Waals surface area contributed by atoms with Crippen LogP contribution in [-0.2, 0) is 23.9 Å². The van der Waals surface area contributed by atoms with Crippen LogP contribution in [-0.4, -0.2) is 79.2 Å². The van der Waals surface area contributed by atoms with Gasteiger partial charge in [-0.2, -0.15) is 0 Å². The van der Waals surface area contributed by atoms with E-state index in [2.05, 4.69) is 52.6 Å². The number of ether oxygens (including phenoxy) is 1. The van der Waals surface area contributed by atoms with Gasteiger partial charge in [0.2, 0.25) is 17.7 Å². The number of rotatable bonds is 17. The van der Waals surface area contributed by atoms with Gasteiger partial charge in [0.15, 0.2) is 0 Å². The van der Waals surface area contributed by atoms with Crippen molar-refractivity contribution in [3.63, 3.8) is 0 Å². The lowest BCUT2D eigenvalue weighted by atomic mass is 9.98. The van der Waals surface area contributed by atoms with Gasteiger partial charge in [-0.05, 0) is 54.4 Å². The van der Waals surface area contributed by atoms with E-state index < -0.39 is 54.4 Å². The molecule has 1 aliphatic rings. The molecule has 6 amide bonds. The van der Waals surface area contributed by atoms with Crippen LogP contribution in [0.2, 0.25) is 0 Å². The van der Waals surface area contributed by atoms with E-state index in [1.54, 1.807) is 0 Å². The highest BCUT2D eigenvalue weighted by Crippen LogP contribution is 2.44. The molecule has 0 aromatic heterocycles. The van der Waals surface area contributed by atoms with Gasteiger partial charge in [0.25, 0.3) is 0 Å². The molecule has 8 N–H and O–H groups in total. The van der Waals surface area contributed by atoms with Crippen molar-refractivity contribution < 1.29 is 38.6 Å². The molecule has 48 heavy (non-hydrogen) atoms. The molecule has 0 fully saturated rings. The van der Waals surface area contributed by atoms with Crippen LogP contribution in [0.15, 0.2) is 48.5 Å². The highest BCUT2D eigenvalue weighted by molar-refractivity contribution is 5.91. The Morgan fingerprint density at radius 1 is 0.792 bits per heavy atom. The standard InChI is InChI=1S/C31H40N6O8.C3H8/c1-19(38)36-25(28(40)35-17-27(39)37-26(29(41)42)14-8-16-33-30(32)43)13-6-7-15-34-31(44)45-18-24-22-11-4-2-9-20(22)21-10-3-5-12-23(21)24;1-3-2/h2-5,9-12,24-26H,6-8,13-18H2,1H3,(H,34,44)(H,35,40)(H,36,38)(H,37,39)(H,41,42)(H3,32,33,43);3H2,1-2H3. The number of amides is 6. The van der Waals surface area contributed by atoms with Gasteiger partial charge in [-0.1, -0.05) is 68.8 Å². The van der Waals surface area contributed by atoms with E-state index in [1.807, 2.05) is 36.4 Å². The van der Waals surface area contributed by atoms with E-state index in [0.29, 0.717) is 19.4 Å². The molecule has 1 aliphatic carbocycles. The summed E-state index contributed by atoms with van der Waals surface area (Å²) in [4.78, 5) is 71.1. The summed E-state index contributed by atoms with van der Waals surface area (Å²) in [7, 11) is 0. The molecule has 0 radical (unpaired) electrons. The molecule has 2 aromatic rings. The molecule has 14 nitrogen and oxygen atoms in total. The van der Waals surface area contributed by atoms with Gasteiger partial charge in [-0.25, -0.2) is 14.4 Å². The van der Waals surface area contributed by atoms with Crippen molar-refractivity contribution in [2.45, 2.75) is 77.3 Å². The van der Waals surface area contributed by atoms with Gasteiger partial charge in [-0.15, -0.1) is 0 Å². The van der Waals surface area contributed by atoms with Gasteiger partial charge in [0.1, 0.15) is 18.7 Å². The van der Waals surface area contributed by atoms with Crippen LogP contribution < -0.4 is 32.3 Å². The first-order valence-corrected chi connectivity index (χ1v) is 16.2. The largest absolute Gasteiger partial charge is 0.480 e. The maximum Gasteiger partial charge on any atom is 0.407 e. The second-order valence-corrected chi connectivity index (χ2v) is 11.3. The average molecular weight is 669 g/mol. The normalized spacial score (nSPS) is 12.5. The van der Waals surface area contributed by atoms with Crippen LogP contribution in [0.4, 0.5) is 9.59 Å². The van der Waals surface area contributed by atoms with Crippen molar-refractivity contribution in [3.8, 4) is 11.1 Å². The summed E-state index contributed by atoms with van der Waals surface area (Å²) in [5.41, 5.74) is 9.46. The maximum absolute atomic E-state index is 12.7. The molecule has 2 atom stereocenters. The zero-order valence-corrected chi connectivity index (χ0v) is 27.8. The number of aliphatic carboxylic acids is 1. The lowest BCUT2D eigenvalue weighted by molar-refractivity contribution is -0.142. The number of benzene rings is 2. The Morgan fingerprint density at radius 2 is 1.35 bits per heavy atom. The van der Waals surface area contributed by atoms with Crippen molar-refractivity contribution >= 4 is 35.8 Å². The SMILES string of the molecule is CC(=O)NC(CCCCNC(=O)OCC1c2ccccc2-c2ccccc21)C(=O)NCC(=O)NC(CCCNC(N)=O)C(=O)O.CCC. The maximum atomic E-state index is 12.7. The Hall–Kier alpha value is -5.14. The summed E-state index contributed by atoms with van der Waals surface area (Å²) in [5, 5.41) is 21.6. The quantitative estimate of drug-likeness (QED) is 0.124. The number of carbonyl (C=O) groups excluding carboxylic acids is 5. The van der Waals surface area contributed by atoms with Crippen molar-refractivity contribution in [1.82, 2.24) is 26.6 Å². The van der Waals surface area contributed by atoms with Crippen LogP contribution >= 0.6 is 0 Å². The van der Waals surface area contributed by atoms with Crippen molar-refractivity contribution in [1.29, 1.82) is 0 Å². The number of nitrogens with one attached hydrogen (secondary N) is 5. The second kappa shape index (κ2) is 20.9. The summed E-state index contributed by atoms with van der Waals surface area (Å²) in [6.45, 7) is 5.64. The number of hydrogen-bond acceptors (Lipinski definition) is 7. The molecule has 0 saturated heterocycles. The topological polar surface area (TPSA) is 218 Å². The third kappa shape index (κ3) is 13.3. The zero-order chi connectivity index (χ0) is 35.5. The predicted octanol–water partition coefficient (Wildman–Crippen LogP) is 2.75. The molecule has 2 aromatic carbocycles. The Morgan fingerprint density at radius 3 is 1.92 bits per heavy atom. The molecule has 0 bridgehead atoms. The molecule has 262 valence electrons. The van der Waals surface area contributed by atoms with Crippen LogP contribution in [0.5, 0.6) is 0 Å². The van der Waals surface area contributed by atoms with Gasteiger partial charge < -0.3 is 42.2 Å². The second-order valence-electron chi connectivity index (χ2n) is 11.3. The van der Waals surface area contributed by atoms with Gasteiger partial charge in [-0.3, -0.25) is 14.4 Å². The number of nitrogens with two attached hydrogens (primary N) is 1. The third-order valence-corrected chi connectivity index (χ3v) is 7.25. The minimum Gasteiger partial charge on any atom is -0.480 e. The van der Waals surface area contributed by atoms with Crippen LogP contribution in [0.1, 0.15) is 76.3 Å². The summed E-state index contributed by atoms with van der Waals surface area (Å²) in [6.07, 6.45) is 2.20. The number of primary amides is 1. The number of carboxylic acid groups (broad SMARTS) is 1. The first kappa shape index (κ1) is 39.0. The first-order valence-electron chi connectivity index (χ1n) is 16.2. The molecule has 3 rings (SSSR count). The molecule has 0 heterocycles. The van der Waals surface area contributed by atoms with Crippen molar-refractivity contribution in [2.24, 2.45) is 5.73 Å². The van der Waals surface area contributed by atoms with Gasteiger partial charge in [0.05, 0.1) is 6.54 Å². The minimum absolute atomic E-state index is 0.0356. The summed E-state index contributed by atoms with van der Waals surface area (Å²) >= 11 is 0. The van der Waals surface area contributed by atoms with E-state index >= 15 is 0 Å². The average Bonchev–Trinajstić information content (AvgIpc) is 3.36. The Kier molecular flexibility index (Phi) is 17.0.